The molecule has 3 aromatic carbocycles. The molecule has 0 fully saturated rings. The molecule has 6 nitrogen and oxygen atoms in total. The third-order valence-electron chi connectivity index (χ3n) is 5.29. The first kappa shape index (κ1) is 20.7. The van der Waals surface area contributed by atoms with Crippen LogP contribution in [0.5, 0.6) is 5.75 Å². The summed E-state index contributed by atoms with van der Waals surface area (Å²) in [6.45, 7) is 0. The molecule has 0 aliphatic carbocycles. The van der Waals surface area contributed by atoms with Crippen molar-refractivity contribution in [2.75, 3.05) is 5.32 Å². The van der Waals surface area contributed by atoms with Crippen molar-refractivity contribution in [3.8, 4) is 5.75 Å². The quantitative estimate of drug-likeness (QED) is 0.234. The number of rotatable bonds is 6. The van der Waals surface area contributed by atoms with E-state index in [-0.39, 0.29) is 11.7 Å². The lowest BCUT2D eigenvalue weighted by atomic mass is 10.1. The molecule has 1 unspecified atom stereocenters. The molecule has 5 aromatic rings. The van der Waals surface area contributed by atoms with Crippen LogP contribution in [0.2, 0.25) is 0 Å². The van der Waals surface area contributed by atoms with Gasteiger partial charge in [0.25, 0.3) is 5.91 Å². The summed E-state index contributed by atoms with van der Waals surface area (Å²) in [6.07, 6.45) is 0.768. The molecule has 2 aromatic heterocycles. The first-order valence-corrected chi connectivity index (χ1v) is 11.1. The average molecular weight is 453 g/mol. The molecule has 0 aliphatic heterocycles. The minimum atomic E-state index is -0.904. The predicted molar refractivity (Wildman–Crippen MR) is 133 cm³/mol. The molecule has 162 valence electrons. The molecule has 0 saturated heterocycles. The van der Waals surface area contributed by atoms with Gasteiger partial charge in [-0.2, -0.15) is 0 Å². The van der Waals surface area contributed by atoms with E-state index in [0.717, 1.165) is 20.9 Å². The van der Waals surface area contributed by atoms with Crippen LogP contribution in [-0.4, -0.2) is 16.7 Å². The van der Waals surface area contributed by atoms with Crippen molar-refractivity contribution in [3.05, 3.63) is 102 Å². The maximum atomic E-state index is 13.5. The zero-order valence-electron chi connectivity index (χ0n) is 17.5. The van der Waals surface area contributed by atoms with Gasteiger partial charge in [0.15, 0.2) is 0 Å². The van der Waals surface area contributed by atoms with Crippen LogP contribution in [0, 0.1) is 5.41 Å². The van der Waals surface area contributed by atoms with E-state index in [2.05, 4.69) is 10.3 Å². The standard InChI is InChI=1S/C26H20N4O2S/c27-24(28)22-15-19-20(11-6-12-21(19)33-22)32-23(17-8-2-1-3-9-17)26(31)30-25-18-10-5-4-7-16(18)13-14-29-25/h1-15,23H,(H3,27,28)(H,29,30,31). The topological polar surface area (TPSA) is 101 Å². The highest BCUT2D eigenvalue weighted by molar-refractivity contribution is 7.20. The Labute approximate surface area is 194 Å². The lowest BCUT2D eigenvalue weighted by Crippen LogP contribution is -2.26. The summed E-state index contributed by atoms with van der Waals surface area (Å²) in [5.74, 6) is 0.701. The number of amides is 1. The van der Waals surface area contributed by atoms with Crippen molar-refractivity contribution in [2.45, 2.75) is 6.10 Å². The Morgan fingerprint density at radius 1 is 0.970 bits per heavy atom. The van der Waals surface area contributed by atoms with Crippen molar-refractivity contribution in [1.29, 1.82) is 5.41 Å². The summed E-state index contributed by atoms with van der Waals surface area (Å²) in [6, 6.07) is 26.4. The summed E-state index contributed by atoms with van der Waals surface area (Å²) in [5, 5.41) is 13.3. The van der Waals surface area contributed by atoms with E-state index in [1.807, 2.05) is 84.9 Å². The molecule has 5 rings (SSSR count). The fraction of sp³-hybridized carbons (Fsp3) is 0.0385. The summed E-state index contributed by atoms with van der Waals surface area (Å²) >= 11 is 1.41. The van der Waals surface area contributed by atoms with E-state index < -0.39 is 6.10 Å². The molecule has 4 N–H and O–H groups in total. The molecular formula is C26H20N4O2S. The molecular weight excluding hydrogens is 432 g/mol. The Bertz CT molecular complexity index is 1470. The molecule has 1 amide bonds. The van der Waals surface area contributed by atoms with Gasteiger partial charge in [-0.1, -0.05) is 60.7 Å². The predicted octanol–water partition coefficient (Wildman–Crippen LogP) is 5.49. The monoisotopic (exact) mass is 452 g/mol. The van der Waals surface area contributed by atoms with Crippen LogP contribution in [0.3, 0.4) is 0 Å². The van der Waals surface area contributed by atoms with Gasteiger partial charge in [0.2, 0.25) is 6.10 Å². The number of thiophene rings is 1. The van der Waals surface area contributed by atoms with Crippen molar-refractivity contribution in [1.82, 2.24) is 4.98 Å². The van der Waals surface area contributed by atoms with Crippen molar-refractivity contribution in [3.63, 3.8) is 0 Å². The zero-order valence-corrected chi connectivity index (χ0v) is 18.3. The fourth-order valence-corrected chi connectivity index (χ4v) is 4.64. The molecule has 7 heteroatoms. The number of hydrogen-bond donors (Lipinski definition) is 3. The number of aromatic nitrogens is 1. The Morgan fingerprint density at radius 2 is 1.76 bits per heavy atom. The van der Waals surface area contributed by atoms with Gasteiger partial charge in [-0.15, -0.1) is 11.3 Å². The largest absolute Gasteiger partial charge is 0.475 e. The van der Waals surface area contributed by atoms with Crippen molar-refractivity contribution in [2.24, 2.45) is 5.73 Å². The molecule has 1 atom stereocenters. The minimum Gasteiger partial charge on any atom is -0.475 e. The van der Waals surface area contributed by atoms with Gasteiger partial charge in [0.1, 0.15) is 17.4 Å². The summed E-state index contributed by atoms with van der Waals surface area (Å²) in [7, 11) is 0. The number of benzene rings is 3. The molecule has 0 bridgehead atoms. The smallest absolute Gasteiger partial charge is 0.271 e. The van der Waals surface area contributed by atoms with Crippen molar-refractivity contribution < 1.29 is 9.53 Å². The molecule has 33 heavy (non-hydrogen) atoms. The van der Waals surface area contributed by atoms with Gasteiger partial charge in [-0.25, -0.2) is 4.98 Å². The van der Waals surface area contributed by atoms with Gasteiger partial charge in [-0.3, -0.25) is 10.2 Å². The molecule has 2 heterocycles. The number of hydrogen-bond acceptors (Lipinski definition) is 5. The number of fused-ring (bicyclic) bond motifs is 2. The highest BCUT2D eigenvalue weighted by Crippen LogP contribution is 2.35. The molecule has 0 spiro atoms. The van der Waals surface area contributed by atoms with E-state index >= 15 is 0 Å². The highest BCUT2D eigenvalue weighted by atomic mass is 32.1. The van der Waals surface area contributed by atoms with Crippen molar-refractivity contribution >= 4 is 49.8 Å². The summed E-state index contributed by atoms with van der Waals surface area (Å²) in [4.78, 5) is 18.5. The lowest BCUT2D eigenvalue weighted by Gasteiger charge is -2.20. The van der Waals surface area contributed by atoms with Gasteiger partial charge < -0.3 is 15.8 Å². The van der Waals surface area contributed by atoms with Crippen LogP contribution in [0.1, 0.15) is 16.5 Å². The SMILES string of the molecule is N=C(N)c1cc2c(OC(C(=O)Nc3nccc4ccccc34)c3ccccc3)cccc2s1. The number of nitrogen functional groups attached to an aromatic ring is 1. The molecule has 0 aliphatic rings. The number of ether oxygens (including phenoxy) is 1. The van der Waals surface area contributed by atoms with Crippen LogP contribution < -0.4 is 15.8 Å². The maximum Gasteiger partial charge on any atom is 0.271 e. The first-order chi connectivity index (χ1) is 16.1. The first-order valence-electron chi connectivity index (χ1n) is 10.3. The van der Waals surface area contributed by atoms with Gasteiger partial charge in [0, 0.05) is 27.2 Å². The van der Waals surface area contributed by atoms with E-state index in [0.29, 0.717) is 22.0 Å². The number of nitrogens with one attached hydrogen (secondary N) is 2. The second kappa shape index (κ2) is 8.72. The van der Waals surface area contributed by atoms with Gasteiger partial charge in [-0.05, 0) is 29.7 Å². The Hall–Kier alpha value is -4.23. The zero-order chi connectivity index (χ0) is 22.8. The average Bonchev–Trinajstić information content (AvgIpc) is 3.29. The number of anilines is 1. The molecule has 0 radical (unpaired) electrons. The number of carbonyl (C=O) groups excluding carboxylic acids is 1. The number of carbonyl (C=O) groups is 1. The Morgan fingerprint density at radius 3 is 2.58 bits per heavy atom. The van der Waals surface area contributed by atoms with Crippen LogP contribution in [0.4, 0.5) is 5.82 Å². The summed E-state index contributed by atoms with van der Waals surface area (Å²) < 4.78 is 7.24. The third kappa shape index (κ3) is 4.14. The second-order valence-electron chi connectivity index (χ2n) is 7.47. The van der Waals surface area contributed by atoms with Crippen LogP contribution in [0.25, 0.3) is 20.9 Å². The van der Waals surface area contributed by atoms with Crippen LogP contribution >= 0.6 is 11.3 Å². The fourth-order valence-electron chi connectivity index (χ4n) is 3.70. The van der Waals surface area contributed by atoms with Gasteiger partial charge in [0.05, 0.1) is 4.88 Å². The second-order valence-corrected chi connectivity index (χ2v) is 8.55. The van der Waals surface area contributed by atoms with Crippen LogP contribution in [-0.2, 0) is 4.79 Å². The van der Waals surface area contributed by atoms with Gasteiger partial charge >= 0.3 is 0 Å². The van der Waals surface area contributed by atoms with Crippen LogP contribution in [0.15, 0.2) is 91.1 Å². The van der Waals surface area contributed by atoms with E-state index in [9.17, 15) is 4.79 Å². The summed E-state index contributed by atoms with van der Waals surface area (Å²) in [5.41, 5.74) is 6.40. The van der Waals surface area contributed by atoms with E-state index in [1.165, 1.54) is 11.3 Å². The minimum absolute atomic E-state index is 0.00142. The highest BCUT2D eigenvalue weighted by Gasteiger charge is 2.25. The van der Waals surface area contributed by atoms with E-state index in [4.69, 9.17) is 15.9 Å². The maximum absolute atomic E-state index is 13.5. The number of amidine groups is 1. The lowest BCUT2D eigenvalue weighted by molar-refractivity contribution is -0.123. The normalized spacial score (nSPS) is 11.9. The number of pyridine rings is 1. The van der Waals surface area contributed by atoms with E-state index in [1.54, 1.807) is 6.20 Å². The Kier molecular flexibility index (Phi) is 5.46. The Balaban J connectivity index is 1.53. The number of nitrogens with two attached hydrogens (primary N) is 1. The third-order valence-corrected chi connectivity index (χ3v) is 6.42. The molecule has 0 saturated carbocycles. The number of nitrogens with zero attached hydrogens (tertiary/aromatic N) is 1.